The summed E-state index contributed by atoms with van der Waals surface area (Å²) >= 11 is 0. The van der Waals surface area contributed by atoms with Crippen molar-refractivity contribution in [2.75, 3.05) is 19.0 Å². The minimum absolute atomic E-state index is 0.0117. The number of nitrogens with zero attached hydrogens (tertiary/aromatic N) is 1. The molecule has 1 atom stereocenters. The van der Waals surface area contributed by atoms with E-state index in [1.807, 2.05) is 53.4 Å². The molecule has 2 N–H and O–H groups in total. The lowest BCUT2D eigenvalue weighted by Gasteiger charge is -2.38. The normalized spacial score (nSPS) is 15.7. The predicted octanol–water partition coefficient (Wildman–Crippen LogP) is 4.21. The number of aromatic hydroxyl groups is 1. The lowest BCUT2D eigenvalue weighted by atomic mass is 10.0. The zero-order valence-corrected chi connectivity index (χ0v) is 15.6. The molecule has 1 unspecified atom stereocenters. The van der Waals surface area contributed by atoms with Crippen LogP contribution in [0.2, 0.25) is 0 Å². The molecule has 142 valence electrons. The van der Waals surface area contributed by atoms with Crippen molar-refractivity contribution in [1.82, 2.24) is 4.90 Å². The molecule has 0 aliphatic carbocycles. The lowest BCUT2D eigenvalue weighted by Crippen LogP contribution is -2.44. The number of phenolic OH excluding ortho intramolecular Hbond substituents is 1. The van der Waals surface area contributed by atoms with Crippen LogP contribution < -0.4 is 10.1 Å². The number of methoxy groups -OCH3 is 1. The third kappa shape index (κ3) is 3.39. The Morgan fingerprint density at radius 2 is 1.79 bits per heavy atom. The number of phenols is 1. The van der Waals surface area contributed by atoms with E-state index in [4.69, 9.17) is 4.74 Å². The number of nitrogens with one attached hydrogen (secondary N) is 1. The molecule has 1 amide bonds. The van der Waals surface area contributed by atoms with E-state index < -0.39 is 0 Å². The van der Waals surface area contributed by atoms with Crippen LogP contribution in [0.5, 0.6) is 11.5 Å². The van der Waals surface area contributed by atoms with Gasteiger partial charge in [0, 0.05) is 12.2 Å². The van der Waals surface area contributed by atoms with Crippen molar-refractivity contribution in [2.45, 2.75) is 12.6 Å². The number of amides is 1. The van der Waals surface area contributed by atoms with Crippen LogP contribution in [0.25, 0.3) is 0 Å². The van der Waals surface area contributed by atoms with Gasteiger partial charge in [0.05, 0.1) is 12.7 Å². The van der Waals surface area contributed by atoms with Crippen molar-refractivity contribution in [3.8, 4) is 11.5 Å². The third-order valence-electron chi connectivity index (χ3n) is 5.03. The molecular formula is C23H22N2O3. The smallest absolute Gasteiger partial charge is 0.257 e. The topological polar surface area (TPSA) is 61.8 Å². The molecule has 0 radical (unpaired) electrons. The number of ether oxygens (including phenoxy) is 1. The van der Waals surface area contributed by atoms with Gasteiger partial charge in [-0.25, -0.2) is 0 Å². The third-order valence-corrected chi connectivity index (χ3v) is 5.03. The number of para-hydroxylation sites is 1. The highest BCUT2D eigenvalue weighted by atomic mass is 16.5. The van der Waals surface area contributed by atoms with E-state index in [0.29, 0.717) is 17.9 Å². The fourth-order valence-corrected chi connectivity index (χ4v) is 3.55. The molecule has 4 rings (SSSR count). The van der Waals surface area contributed by atoms with Gasteiger partial charge in [0.1, 0.15) is 6.17 Å². The molecular weight excluding hydrogens is 352 g/mol. The molecule has 1 heterocycles. The van der Waals surface area contributed by atoms with Crippen LogP contribution in [0, 0.1) is 0 Å². The van der Waals surface area contributed by atoms with Crippen molar-refractivity contribution in [2.24, 2.45) is 0 Å². The van der Waals surface area contributed by atoms with Gasteiger partial charge in [-0.3, -0.25) is 4.79 Å². The Balaban J connectivity index is 1.69. The summed E-state index contributed by atoms with van der Waals surface area (Å²) in [7, 11) is 1.51. The standard InChI is InChI=1S/C23H22N2O3/c1-28-21-15-17(11-12-20(21)26)22-24-19-10-6-5-9-18(19)23(27)25(22)14-13-16-7-3-2-4-8-16/h2-12,15,22,24,26H,13-14H2,1H3. The molecule has 0 fully saturated rings. The molecule has 0 saturated carbocycles. The SMILES string of the molecule is COc1cc(C2Nc3ccccc3C(=O)N2CCc2ccccc2)ccc1O. The van der Waals surface area contributed by atoms with Gasteiger partial charge in [-0.05, 0) is 41.8 Å². The van der Waals surface area contributed by atoms with Crippen LogP contribution in [0.3, 0.4) is 0 Å². The fraction of sp³-hybridized carbons (Fsp3) is 0.174. The second-order valence-electron chi connectivity index (χ2n) is 6.76. The summed E-state index contributed by atoms with van der Waals surface area (Å²) in [6, 6.07) is 22.8. The number of carbonyl (C=O) groups is 1. The predicted molar refractivity (Wildman–Crippen MR) is 109 cm³/mol. The van der Waals surface area contributed by atoms with Gasteiger partial charge in [0.25, 0.3) is 5.91 Å². The van der Waals surface area contributed by atoms with Crippen molar-refractivity contribution < 1.29 is 14.6 Å². The second-order valence-corrected chi connectivity index (χ2v) is 6.76. The van der Waals surface area contributed by atoms with E-state index in [1.165, 1.54) is 12.7 Å². The molecule has 5 heteroatoms. The van der Waals surface area contributed by atoms with Gasteiger partial charge in [0.15, 0.2) is 11.5 Å². The Labute approximate surface area is 164 Å². The summed E-state index contributed by atoms with van der Waals surface area (Å²) in [6.45, 7) is 0.567. The lowest BCUT2D eigenvalue weighted by molar-refractivity contribution is 0.0685. The number of carbonyl (C=O) groups excluding carboxylic acids is 1. The highest BCUT2D eigenvalue weighted by molar-refractivity contribution is 6.01. The van der Waals surface area contributed by atoms with E-state index in [2.05, 4.69) is 17.4 Å². The van der Waals surface area contributed by atoms with Crippen LogP contribution in [0.1, 0.15) is 27.7 Å². The average molecular weight is 374 g/mol. The Morgan fingerprint density at radius 1 is 1.04 bits per heavy atom. The Kier molecular flexibility index (Phi) is 4.89. The van der Waals surface area contributed by atoms with E-state index in [9.17, 15) is 9.90 Å². The maximum atomic E-state index is 13.2. The van der Waals surface area contributed by atoms with Gasteiger partial charge in [-0.15, -0.1) is 0 Å². The first-order valence-electron chi connectivity index (χ1n) is 9.25. The largest absolute Gasteiger partial charge is 0.504 e. The number of anilines is 1. The quantitative estimate of drug-likeness (QED) is 0.702. The van der Waals surface area contributed by atoms with Crippen molar-refractivity contribution >= 4 is 11.6 Å². The Hall–Kier alpha value is -3.47. The minimum atomic E-state index is -0.347. The van der Waals surface area contributed by atoms with Crippen LogP contribution in [-0.4, -0.2) is 29.6 Å². The zero-order valence-electron chi connectivity index (χ0n) is 15.6. The van der Waals surface area contributed by atoms with Crippen LogP contribution in [0.15, 0.2) is 72.8 Å². The monoisotopic (exact) mass is 374 g/mol. The van der Waals surface area contributed by atoms with Gasteiger partial charge >= 0.3 is 0 Å². The molecule has 5 nitrogen and oxygen atoms in total. The molecule has 1 aliphatic rings. The van der Waals surface area contributed by atoms with Gasteiger partial charge in [-0.2, -0.15) is 0 Å². The highest BCUT2D eigenvalue weighted by Gasteiger charge is 2.32. The number of hydrogen-bond acceptors (Lipinski definition) is 4. The summed E-state index contributed by atoms with van der Waals surface area (Å²) in [6.07, 6.45) is 0.405. The molecule has 0 spiro atoms. The highest BCUT2D eigenvalue weighted by Crippen LogP contribution is 2.36. The number of rotatable bonds is 5. The molecule has 0 bridgehead atoms. The van der Waals surface area contributed by atoms with Crippen molar-refractivity contribution in [1.29, 1.82) is 0 Å². The molecule has 28 heavy (non-hydrogen) atoms. The molecule has 0 saturated heterocycles. The zero-order chi connectivity index (χ0) is 19.5. The van der Waals surface area contributed by atoms with E-state index in [-0.39, 0.29) is 17.8 Å². The summed E-state index contributed by atoms with van der Waals surface area (Å²) < 4.78 is 5.26. The maximum Gasteiger partial charge on any atom is 0.257 e. The number of fused-ring (bicyclic) bond motifs is 1. The van der Waals surface area contributed by atoms with Crippen LogP contribution >= 0.6 is 0 Å². The average Bonchev–Trinajstić information content (AvgIpc) is 2.74. The Bertz CT molecular complexity index is 988. The van der Waals surface area contributed by atoms with Gasteiger partial charge in [0.2, 0.25) is 0 Å². The van der Waals surface area contributed by atoms with E-state index in [0.717, 1.165) is 17.7 Å². The van der Waals surface area contributed by atoms with Gasteiger partial charge in [-0.1, -0.05) is 48.5 Å². The first kappa shape index (κ1) is 17.9. The molecule has 1 aliphatic heterocycles. The first-order chi connectivity index (χ1) is 13.7. The van der Waals surface area contributed by atoms with Crippen molar-refractivity contribution in [3.05, 3.63) is 89.5 Å². The van der Waals surface area contributed by atoms with E-state index >= 15 is 0 Å². The molecule has 3 aromatic rings. The van der Waals surface area contributed by atoms with Gasteiger partial charge < -0.3 is 20.1 Å². The van der Waals surface area contributed by atoms with Crippen LogP contribution in [-0.2, 0) is 6.42 Å². The van der Waals surface area contributed by atoms with Crippen LogP contribution in [0.4, 0.5) is 5.69 Å². The molecule has 3 aromatic carbocycles. The van der Waals surface area contributed by atoms with Crippen molar-refractivity contribution in [3.63, 3.8) is 0 Å². The summed E-state index contributed by atoms with van der Waals surface area (Å²) in [4.78, 5) is 15.1. The van der Waals surface area contributed by atoms with E-state index in [1.54, 1.807) is 12.1 Å². The minimum Gasteiger partial charge on any atom is -0.504 e. The second kappa shape index (κ2) is 7.64. The summed E-state index contributed by atoms with van der Waals surface area (Å²) in [5.41, 5.74) is 3.50. The number of benzene rings is 3. The first-order valence-corrected chi connectivity index (χ1v) is 9.25. The maximum absolute atomic E-state index is 13.2. The number of hydrogen-bond donors (Lipinski definition) is 2. The Morgan fingerprint density at radius 3 is 2.57 bits per heavy atom. The fourth-order valence-electron chi connectivity index (χ4n) is 3.55. The summed E-state index contributed by atoms with van der Waals surface area (Å²) in [5.74, 6) is 0.445. The molecule has 0 aromatic heterocycles. The summed E-state index contributed by atoms with van der Waals surface area (Å²) in [5, 5.41) is 13.4.